The maximum absolute atomic E-state index is 5.47. The zero-order chi connectivity index (χ0) is 15.7. The summed E-state index contributed by atoms with van der Waals surface area (Å²) in [6.45, 7) is 4.23. The van der Waals surface area contributed by atoms with Gasteiger partial charge < -0.3 is 4.74 Å². The fourth-order valence-corrected chi connectivity index (χ4v) is 3.01. The second-order valence-corrected chi connectivity index (χ2v) is 6.03. The molecule has 0 bridgehead atoms. The number of thioether (sulfide) groups is 1. The maximum atomic E-state index is 5.47. The summed E-state index contributed by atoms with van der Waals surface area (Å²) in [6, 6.07) is 7.84. The van der Waals surface area contributed by atoms with Gasteiger partial charge in [-0.1, -0.05) is 26.0 Å². The van der Waals surface area contributed by atoms with E-state index in [2.05, 4.69) is 29.1 Å². The quantitative estimate of drug-likeness (QED) is 0.688. The summed E-state index contributed by atoms with van der Waals surface area (Å²) in [4.78, 5) is 0. The van der Waals surface area contributed by atoms with Crippen LogP contribution in [-0.4, -0.2) is 33.3 Å². The molecule has 1 aromatic carbocycles. The van der Waals surface area contributed by atoms with E-state index in [0.717, 1.165) is 33.1 Å². The van der Waals surface area contributed by atoms with Crippen molar-refractivity contribution in [2.75, 3.05) is 13.4 Å². The fourth-order valence-electron chi connectivity index (χ4n) is 2.49. The Kier molecular flexibility index (Phi) is 4.02. The summed E-state index contributed by atoms with van der Waals surface area (Å²) in [7, 11) is 1.67. The van der Waals surface area contributed by atoms with E-state index in [1.54, 1.807) is 18.9 Å². The fraction of sp³-hybridized carbons (Fsp3) is 0.312. The lowest BCUT2D eigenvalue weighted by Crippen LogP contribution is -2.03. The minimum atomic E-state index is 0.293. The van der Waals surface area contributed by atoms with Crippen LogP contribution < -0.4 is 4.74 Å². The third-order valence-electron chi connectivity index (χ3n) is 3.55. The van der Waals surface area contributed by atoms with E-state index in [1.165, 1.54) is 0 Å². The van der Waals surface area contributed by atoms with Gasteiger partial charge in [0.2, 0.25) is 0 Å². The smallest absolute Gasteiger partial charge is 0.145 e. The normalized spacial score (nSPS) is 11.3. The van der Waals surface area contributed by atoms with Gasteiger partial charge >= 0.3 is 0 Å². The van der Waals surface area contributed by atoms with E-state index in [1.807, 2.05) is 41.4 Å². The second-order valence-electron chi connectivity index (χ2n) is 5.24. The molecule has 22 heavy (non-hydrogen) atoms. The largest absolute Gasteiger partial charge is 0.494 e. The summed E-state index contributed by atoms with van der Waals surface area (Å²) in [5.41, 5.74) is 2.85. The number of fused-ring (bicyclic) bond motifs is 1. The number of hydrogen-bond acceptors (Lipinski definition) is 5. The van der Waals surface area contributed by atoms with Crippen LogP contribution in [0.1, 0.15) is 25.5 Å². The lowest BCUT2D eigenvalue weighted by molar-refractivity contribution is 0.412. The molecule has 0 N–H and O–H groups in total. The van der Waals surface area contributed by atoms with Crippen LogP contribution in [0.2, 0.25) is 0 Å². The van der Waals surface area contributed by atoms with Crippen molar-refractivity contribution in [3.05, 3.63) is 36.2 Å². The van der Waals surface area contributed by atoms with E-state index < -0.39 is 0 Å². The molecule has 0 aliphatic carbocycles. The summed E-state index contributed by atoms with van der Waals surface area (Å²) in [6.07, 6.45) is 3.86. The van der Waals surface area contributed by atoms with E-state index in [0.29, 0.717) is 5.92 Å². The highest BCUT2D eigenvalue weighted by atomic mass is 32.2. The zero-order valence-corrected chi connectivity index (χ0v) is 13.9. The van der Waals surface area contributed by atoms with E-state index in [-0.39, 0.29) is 0 Å². The van der Waals surface area contributed by atoms with Gasteiger partial charge in [0.1, 0.15) is 22.0 Å². The number of nitrogens with zero attached hydrogens (tertiary/aromatic N) is 4. The van der Waals surface area contributed by atoms with Gasteiger partial charge in [-0.2, -0.15) is 10.2 Å². The summed E-state index contributed by atoms with van der Waals surface area (Å²) < 4.78 is 7.36. The summed E-state index contributed by atoms with van der Waals surface area (Å²) >= 11 is 1.57. The number of benzene rings is 1. The molecule has 0 aliphatic heterocycles. The van der Waals surface area contributed by atoms with Crippen LogP contribution >= 0.6 is 11.8 Å². The van der Waals surface area contributed by atoms with Crippen molar-refractivity contribution in [2.45, 2.75) is 24.8 Å². The Labute approximate surface area is 133 Å². The molecular weight excluding hydrogens is 296 g/mol. The Hall–Kier alpha value is -2.08. The molecule has 0 atom stereocenters. The van der Waals surface area contributed by atoms with Gasteiger partial charge in [-0.25, -0.2) is 4.68 Å². The zero-order valence-electron chi connectivity index (χ0n) is 13.1. The number of aromatic nitrogens is 4. The van der Waals surface area contributed by atoms with Crippen molar-refractivity contribution in [1.82, 2.24) is 20.0 Å². The topological polar surface area (TPSA) is 52.8 Å². The van der Waals surface area contributed by atoms with Crippen LogP contribution in [0.4, 0.5) is 0 Å². The Morgan fingerprint density at radius 1 is 1.18 bits per heavy atom. The molecule has 2 aromatic heterocycles. The molecule has 0 saturated heterocycles. The third kappa shape index (κ3) is 2.33. The molecule has 6 heteroatoms. The third-order valence-corrected chi connectivity index (χ3v) is 4.21. The van der Waals surface area contributed by atoms with E-state index in [9.17, 15) is 0 Å². The van der Waals surface area contributed by atoms with E-state index in [4.69, 9.17) is 4.74 Å². The van der Waals surface area contributed by atoms with Gasteiger partial charge in [0.25, 0.3) is 0 Å². The Morgan fingerprint density at radius 3 is 2.64 bits per heavy atom. The number of methoxy groups -OCH3 is 1. The van der Waals surface area contributed by atoms with Crippen LogP contribution in [0.15, 0.2) is 35.5 Å². The van der Waals surface area contributed by atoms with Crippen LogP contribution in [0.25, 0.3) is 16.6 Å². The molecule has 3 rings (SSSR count). The highest BCUT2D eigenvalue weighted by Crippen LogP contribution is 2.32. The van der Waals surface area contributed by atoms with Crippen LogP contribution in [-0.2, 0) is 0 Å². The minimum absolute atomic E-state index is 0.293. The predicted molar refractivity (Wildman–Crippen MR) is 89.1 cm³/mol. The van der Waals surface area contributed by atoms with Crippen molar-refractivity contribution < 1.29 is 4.74 Å². The number of rotatable bonds is 4. The van der Waals surface area contributed by atoms with Gasteiger partial charge in [0, 0.05) is 5.39 Å². The average molecular weight is 314 g/mol. The van der Waals surface area contributed by atoms with Gasteiger partial charge in [0.15, 0.2) is 0 Å². The molecule has 0 spiro atoms. The monoisotopic (exact) mass is 314 g/mol. The van der Waals surface area contributed by atoms with Crippen molar-refractivity contribution in [3.8, 4) is 11.4 Å². The first kappa shape index (κ1) is 14.8. The molecule has 5 nitrogen and oxygen atoms in total. The molecule has 0 fully saturated rings. The average Bonchev–Trinajstić information content (AvgIpc) is 2.98. The molecule has 2 heterocycles. The van der Waals surface area contributed by atoms with Gasteiger partial charge in [0.05, 0.1) is 19.0 Å². The van der Waals surface area contributed by atoms with Crippen LogP contribution in [0, 0.1) is 0 Å². The summed E-state index contributed by atoms with van der Waals surface area (Å²) in [5.74, 6) is 1.07. The molecule has 0 aliphatic rings. The van der Waals surface area contributed by atoms with E-state index >= 15 is 0 Å². The Bertz CT molecular complexity index is 813. The van der Waals surface area contributed by atoms with Crippen LogP contribution in [0.5, 0.6) is 5.75 Å². The maximum Gasteiger partial charge on any atom is 0.145 e. The van der Waals surface area contributed by atoms with Crippen molar-refractivity contribution >= 4 is 22.7 Å². The Balaban J connectivity index is 2.34. The van der Waals surface area contributed by atoms with Crippen molar-refractivity contribution in [1.29, 1.82) is 0 Å². The van der Waals surface area contributed by atoms with Gasteiger partial charge in [-0.05, 0) is 24.3 Å². The first-order valence-electron chi connectivity index (χ1n) is 7.09. The van der Waals surface area contributed by atoms with Crippen molar-refractivity contribution in [2.24, 2.45) is 0 Å². The first-order valence-corrected chi connectivity index (χ1v) is 8.31. The molecule has 114 valence electrons. The lowest BCUT2D eigenvalue weighted by atomic mass is 10.1. The van der Waals surface area contributed by atoms with Gasteiger partial charge in [-0.3, -0.25) is 0 Å². The van der Waals surface area contributed by atoms with Crippen LogP contribution in [0.3, 0.4) is 0 Å². The lowest BCUT2D eigenvalue weighted by Gasteiger charge is -2.11. The van der Waals surface area contributed by atoms with Gasteiger partial charge in [-0.15, -0.1) is 16.9 Å². The number of ether oxygens (including phenoxy) is 1. The highest BCUT2D eigenvalue weighted by Gasteiger charge is 2.18. The first-order chi connectivity index (χ1) is 10.7. The second kappa shape index (κ2) is 5.96. The predicted octanol–water partition coefficient (Wildman–Crippen LogP) is 3.67. The minimum Gasteiger partial charge on any atom is -0.494 e. The molecule has 0 radical (unpaired) electrons. The number of hydrogen-bond donors (Lipinski definition) is 0. The number of para-hydroxylation sites is 2. The highest BCUT2D eigenvalue weighted by molar-refractivity contribution is 7.98. The molecular formula is C16H18N4OS. The molecule has 0 saturated carbocycles. The molecule has 0 amide bonds. The summed E-state index contributed by atoms with van der Waals surface area (Å²) in [5, 5.41) is 15.2. The van der Waals surface area contributed by atoms with Crippen molar-refractivity contribution in [3.63, 3.8) is 0 Å². The molecule has 0 unspecified atom stereocenters. The SMILES string of the molecule is COc1ccccc1-n1ncc2c(C(C)C)nnc(SC)c21. The Morgan fingerprint density at radius 2 is 1.95 bits per heavy atom. The standard InChI is InChI=1S/C16H18N4OS/c1-10(2)14-11-9-17-20(15(11)16(22-4)19-18-14)12-7-5-6-8-13(12)21-3/h5-10H,1-4H3. The molecule has 3 aromatic rings.